The average Bonchev–Trinajstić information content (AvgIpc) is 3.71. The van der Waals surface area contributed by atoms with Gasteiger partial charge in [-0.05, 0) is 61.6 Å². The van der Waals surface area contributed by atoms with E-state index in [2.05, 4.69) is 8.94 Å². The highest BCUT2D eigenvalue weighted by Gasteiger charge is 2.38. The van der Waals surface area contributed by atoms with E-state index in [1.165, 1.54) is 35.8 Å². The fraction of sp³-hybridized carbons (Fsp3) is 0.345. The largest absolute Gasteiger partial charge is 0.366 e. The van der Waals surface area contributed by atoms with Gasteiger partial charge >= 0.3 is 0 Å². The second kappa shape index (κ2) is 10.9. The fourth-order valence-corrected chi connectivity index (χ4v) is 6.01. The van der Waals surface area contributed by atoms with Crippen molar-refractivity contribution in [2.75, 3.05) is 18.0 Å². The molecule has 2 aromatic carbocycles. The molecule has 2 aliphatic heterocycles. The van der Waals surface area contributed by atoms with Crippen molar-refractivity contribution in [3.8, 4) is 10.8 Å². The SMILES string of the molecule is CC(OCc1ccccc1)c1nsc(-c2nc(N3CCCC3=O)c3n2CCN(C(=O)c2ccc(F)cc2)C3C)n1. The Labute approximate surface area is 235 Å². The summed E-state index contributed by atoms with van der Waals surface area (Å²) in [6.45, 7) is 5.80. The van der Waals surface area contributed by atoms with Crippen LogP contribution in [0.3, 0.4) is 0 Å². The Morgan fingerprint density at radius 2 is 1.88 bits per heavy atom. The highest BCUT2D eigenvalue weighted by Crippen LogP contribution is 2.40. The van der Waals surface area contributed by atoms with Crippen LogP contribution in [0.1, 0.15) is 66.3 Å². The molecule has 1 fully saturated rings. The number of hydrogen-bond acceptors (Lipinski definition) is 7. The summed E-state index contributed by atoms with van der Waals surface area (Å²) in [6, 6.07) is 15.1. The maximum atomic E-state index is 13.5. The number of hydrogen-bond donors (Lipinski definition) is 0. The minimum absolute atomic E-state index is 0.0162. The molecule has 4 heterocycles. The van der Waals surface area contributed by atoms with Gasteiger partial charge in [0.1, 0.15) is 11.9 Å². The van der Waals surface area contributed by atoms with Crippen LogP contribution in [0.4, 0.5) is 10.2 Å². The van der Waals surface area contributed by atoms with E-state index in [-0.39, 0.29) is 24.0 Å². The monoisotopic (exact) mass is 560 g/mol. The molecule has 2 amide bonds. The van der Waals surface area contributed by atoms with Gasteiger partial charge in [-0.15, -0.1) is 0 Å². The summed E-state index contributed by atoms with van der Waals surface area (Å²) in [5.41, 5.74) is 2.27. The van der Waals surface area contributed by atoms with Crippen molar-refractivity contribution < 1.29 is 18.7 Å². The lowest BCUT2D eigenvalue weighted by atomic mass is 10.1. The molecule has 0 aliphatic carbocycles. The Bertz CT molecular complexity index is 1540. The van der Waals surface area contributed by atoms with Crippen molar-refractivity contribution >= 4 is 29.2 Å². The first-order valence-corrected chi connectivity index (χ1v) is 14.1. The summed E-state index contributed by atoms with van der Waals surface area (Å²) in [6.07, 6.45) is 0.906. The number of benzene rings is 2. The highest BCUT2D eigenvalue weighted by atomic mass is 32.1. The first-order chi connectivity index (χ1) is 19.4. The van der Waals surface area contributed by atoms with Crippen LogP contribution < -0.4 is 4.90 Å². The van der Waals surface area contributed by atoms with Crippen LogP contribution in [0.2, 0.25) is 0 Å². The molecule has 0 radical (unpaired) electrons. The van der Waals surface area contributed by atoms with E-state index in [1.807, 2.05) is 44.2 Å². The molecule has 11 heteroatoms. The average molecular weight is 561 g/mol. The third-order valence-electron chi connectivity index (χ3n) is 7.44. The lowest BCUT2D eigenvalue weighted by Gasteiger charge is -2.36. The molecule has 9 nitrogen and oxygen atoms in total. The molecule has 0 bridgehead atoms. The number of fused-ring (bicyclic) bond motifs is 1. The zero-order chi connectivity index (χ0) is 27.8. The van der Waals surface area contributed by atoms with E-state index in [4.69, 9.17) is 14.7 Å². The number of halogens is 1. The van der Waals surface area contributed by atoms with Crippen molar-refractivity contribution in [3.05, 3.63) is 83.1 Å². The maximum absolute atomic E-state index is 13.5. The van der Waals surface area contributed by atoms with Crippen LogP contribution in [0, 0.1) is 5.82 Å². The molecule has 2 aromatic heterocycles. The Morgan fingerprint density at radius 1 is 1.10 bits per heavy atom. The van der Waals surface area contributed by atoms with E-state index in [9.17, 15) is 14.0 Å². The molecule has 2 unspecified atom stereocenters. The smallest absolute Gasteiger partial charge is 0.254 e. The van der Waals surface area contributed by atoms with Crippen molar-refractivity contribution in [2.45, 2.75) is 52.0 Å². The van der Waals surface area contributed by atoms with Gasteiger partial charge in [0.25, 0.3) is 5.91 Å². The second-order valence-corrected chi connectivity index (χ2v) is 10.8. The third kappa shape index (κ3) is 4.90. The van der Waals surface area contributed by atoms with Gasteiger partial charge < -0.3 is 14.2 Å². The number of nitrogens with zero attached hydrogens (tertiary/aromatic N) is 6. The molecule has 40 heavy (non-hydrogen) atoms. The van der Waals surface area contributed by atoms with Crippen LogP contribution in [0.15, 0.2) is 54.6 Å². The van der Waals surface area contributed by atoms with Crippen LogP contribution in [0.5, 0.6) is 0 Å². The van der Waals surface area contributed by atoms with E-state index >= 15 is 0 Å². The van der Waals surface area contributed by atoms with Crippen LogP contribution >= 0.6 is 11.5 Å². The lowest BCUT2D eigenvalue weighted by molar-refractivity contribution is -0.117. The van der Waals surface area contributed by atoms with Gasteiger partial charge in [0.05, 0.1) is 18.3 Å². The number of carbonyl (C=O) groups excluding carboxylic acids is 2. The summed E-state index contributed by atoms with van der Waals surface area (Å²) in [5, 5.41) is 0.634. The molecule has 206 valence electrons. The van der Waals surface area contributed by atoms with Gasteiger partial charge in [-0.25, -0.2) is 14.4 Å². The first kappa shape index (κ1) is 26.3. The molecular weight excluding hydrogens is 531 g/mol. The highest BCUT2D eigenvalue weighted by molar-refractivity contribution is 7.09. The summed E-state index contributed by atoms with van der Waals surface area (Å²) in [4.78, 5) is 39.4. The Hall–Kier alpha value is -3.96. The van der Waals surface area contributed by atoms with Gasteiger partial charge in [0.2, 0.25) is 5.91 Å². The molecule has 0 saturated carbocycles. The number of anilines is 1. The molecule has 4 aromatic rings. The maximum Gasteiger partial charge on any atom is 0.254 e. The van der Waals surface area contributed by atoms with E-state index in [0.717, 1.165) is 17.7 Å². The summed E-state index contributed by atoms with van der Waals surface area (Å²) < 4.78 is 26.1. The van der Waals surface area contributed by atoms with Crippen LogP contribution in [0.25, 0.3) is 10.8 Å². The quantitative estimate of drug-likeness (QED) is 0.310. The van der Waals surface area contributed by atoms with Crippen LogP contribution in [-0.2, 0) is 22.7 Å². The summed E-state index contributed by atoms with van der Waals surface area (Å²) in [7, 11) is 0. The molecule has 0 spiro atoms. The number of ether oxygens (including phenoxy) is 1. The Balaban J connectivity index is 1.31. The van der Waals surface area contributed by atoms with E-state index < -0.39 is 5.82 Å². The Morgan fingerprint density at radius 3 is 2.60 bits per heavy atom. The number of carbonyl (C=O) groups is 2. The molecule has 2 atom stereocenters. The molecule has 2 aliphatic rings. The zero-order valence-corrected chi connectivity index (χ0v) is 23.1. The number of aromatic nitrogens is 4. The van der Waals surface area contributed by atoms with Crippen molar-refractivity contribution in [3.63, 3.8) is 0 Å². The molecule has 6 rings (SSSR count). The predicted molar refractivity (Wildman–Crippen MR) is 148 cm³/mol. The van der Waals surface area contributed by atoms with Gasteiger partial charge in [0, 0.05) is 31.6 Å². The second-order valence-electron chi connectivity index (χ2n) is 10.0. The van der Waals surface area contributed by atoms with Gasteiger partial charge in [-0.2, -0.15) is 4.37 Å². The predicted octanol–water partition coefficient (Wildman–Crippen LogP) is 5.16. The minimum atomic E-state index is -0.392. The van der Waals surface area contributed by atoms with Crippen LogP contribution in [-0.4, -0.2) is 48.7 Å². The van der Waals surface area contributed by atoms with Gasteiger partial charge in [0.15, 0.2) is 22.5 Å². The van der Waals surface area contributed by atoms with Gasteiger partial charge in [-0.3, -0.25) is 14.5 Å². The third-order valence-corrected chi connectivity index (χ3v) is 8.16. The summed E-state index contributed by atoms with van der Waals surface area (Å²) >= 11 is 1.24. The number of amides is 2. The van der Waals surface area contributed by atoms with Crippen molar-refractivity contribution in [2.24, 2.45) is 0 Å². The number of rotatable bonds is 7. The molecule has 1 saturated heterocycles. The van der Waals surface area contributed by atoms with Crippen molar-refractivity contribution in [1.82, 2.24) is 23.8 Å². The Kier molecular flexibility index (Phi) is 7.16. The normalized spacial score (nSPS) is 17.8. The lowest BCUT2D eigenvalue weighted by Crippen LogP contribution is -2.42. The van der Waals surface area contributed by atoms with Crippen molar-refractivity contribution in [1.29, 1.82) is 0 Å². The number of imidazole rings is 1. The topological polar surface area (TPSA) is 93.5 Å². The summed E-state index contributed by atoms with van der Waals surface area (Å²) in [5.74, 6) is 1.20. The van der Waals surface area contributed by atoms with E-state index in [1.54, 1.807) is 9.80 Å². The molecular formula is C29H29FN6O3S. The van der Waals surface area contributed by atoms with E-state index in [0.29, 0.717) is 60.7 Å². The first-order valence-electron chi connectivity index (χ1n) is 13.4. The zero-order valence-electron chi connectivity index (χ0n) is 22.3. The standard InChI is InChI=1S/C29H29FN6O3S/c1-18-24-26(35-14-6-9-23(35)37)32-27(36(24)16-15-34(18)29(38)21-10-12-22(30)13-11-21)28-31-25(33-40-28)19(2)39-17-20-7-4-3-5-8-20/h3-5,7-8,10-13,18-19H,6,9,14-17H2,1-2H3. The molecule has 0 N–H and O–H groups in total. The van der Waals surface area contributed by atoms with Gasteiger partial charge in [-0.1, -0.05) is 30.3 Å². The fourth-order valence-electron chi connectivity index (χ4n) is 5.27. The minimum Gasteiger partial charge on any atom is -0.366 e.